The minimum absolute atomic E-state index is 0.229. The number of aromatic nitrogens is 1. The van der Waals surface area contributed by atoms with Crippen LogP contribution in [0.15, 0.2) is 23.6 Å². The predicted octanol–water partition coefficient (Wildman–Crippen LogP) is 3.14. The number of ether oxygens (including phenoxy) is 3. The molecule has 8 heteroatoms. The van der Waals surface area contributed by atoms with Crippen molar-refractivity contribution in [3.63, 3.8) is 0 Å². The van der Waals surface area contributed by atoms with Crippen LogP contribution in [0.25, 0.3) is 10.6 Å². The van der Waals surface area contributed by atoms with Gasteiger partial charge in [0.05, 0.1) is 21.3 Å². The molecule has 1 amide bonds. The van der Waals surface area contributed by atoms with Gasteiger partial charge in [0.15, 0.2) is 11.5 Å². The average Bonchev–Trinajstić information content (AvgIpc) is 3.16. The smallest absolute Gasteiger partial charge is 0.328 e. The number of benzene rings is 1. The molecule has 0 radical (unpaired) electrons. The van der Waals surface area contributed by atoms with E-state index in [4.69, 9.17) is 14.2 Å². The van der Waals surface area contributed by atoms with Crippen LogP contribution in [-0.2, 0) is 9.53 Å². The Bertz CT molecular complexity index is 803. The van der Waals surface area contributed by atoms with E-state index >= 15 is 0 Å². The molecule has 2 aromatic rings. The number of amides is 1. The molecule has 1 heterocycles. The lowest BCUT2D eigenvalue weighted by atomic mass is 10.0. The molecule has 1 atom stereocenters. The normalized spacial score (nSPS) is 11.8. The van der Waals surface area contributed by atoms with E-state index in [2.05, 4.69) is 10.3 Å². The average molecular weight is 392 g/mol. The largest absolute Gasteiger partial charge is 0.493 e. The van der Waals surface area contributed by atoms with E-state index in [0.717, 1.165) is 5.56 Å². The highest BCUT2D eigenvalue weighted by Gasteiger charge is 2.24. The maximum atomic E-state index is 12.5. The Labute approximate surface area is 162 Å². The van der Waals surface area contributed by atoms with Crippen molar-refractivity contribution < 1.29 is 23.8 Å². The summed E-state index contributed by atoms with van der Waals surface area (Å²) in [5, 5.41) is 5.03. The van der Waals surface area contributed by atoms with E-state index < -0.39 is 17.9 Å². The first-order valence-electron chi connectivity index (χ1n) is 8.46. The molecule has 0 bridgehead atoms. The van der Waals surface area contributed by atoms with Crippen molar-refractivity contribution in [1.82, 2.24) is 10.3 Å². The van der Waals surface area contributed by atoms with Crippen molar-refractivity contribution in [2.24, 2.45) is 5.92 Å². The zero-order valence-corrected chi connectivity index (χ0v) is 16.9. The number of nitrogens with zero attached hydrogens (tertiary/aromatic N) is 1. The van der Waals surface area contributed by atoms with Crippen LogP contribution in [0.5, 0.6) is 11.5 Å². The van der Waals surface area contributed by atoms with E-state index in [1.807, 2.05) is 19.9 Å². The summed E-state index contributed by atoms with van der Waals surface area (Å²) in [5.41, 5.74) is 1.06. The molecule has 0 saturated carbocycles. The third-order valence-electron chi connectivity index (χ3n) is 3.87. The van der Waals surface area contributed by atoms with Gasteiger partial charge in [-0.05, 0) is 30.5 Å². The molecule has 146 valence electrons. The molecule has 0 aliphatic rings. The molecule has 7 nitrogen and oxygen atoms in total. The van der Waals surface area contributed by atoms with Crippen LogP contribution in [0.3, 0.4) is 0 Å². The maximum Gasteiger partial charge on any atom is 0.328 e. The number of thiazole rings is 1. The lowest BCUT2D eigenvalue weighted by Gasteiger charge is -2.17. The first-order chi connectivity index (χ1) is 12.9. The molecule has 0 saturated heterocycles. The molecule has 1 N–H and O–H groups in total. The molecule has 0 spiro atoms. The van der Waals surface area contributed by atoms with Crippen molar-refractivity contribution in [2.75, 3.05) is 21.3 Å². The molecule has 27 heavy (non-hydrogen) atoms. The number of nitrogens with one attached hydrogen (secondary N) is 1. The van der Waals surface area contributed by atoms with E-state index in [-0.39, 0.29) is 11.6 Å². The maximum absolute atomic E-state index is 12.5. The van der Waals surface area contributed by atoms with Gasteiger partial charge in [-0.3, -0.25) is 4.79 Å². The van der Waals surface area contributed by atoms with Gasteiger partial charge in [0, 0.05) is 10.9 Å². The highest BCUT2D eigenvalue weighted by molar-refractivity contribution is 7.13. The highest BCUT2D eigenvalue weighted by Crippen LogP contribution is 2.33. The third kappa shape index (κ3) is 5.19. The number of methoxy groups -OCH3 is 3. The monoisotopic (exact) mass is 392 g/mol. The lowest BCUT2D eigenvalue weighted by Crippen LogP contribution is -2.42. The topological polar surface area (TPSA) is 86.8 Å². The van der Waals surface area contributed by atoms with Gasteiger partial charge in [0.1, 0.15) is 16.7 Å². The number of hydrogen-bond acceptors (Lipinski definition) is 7. The zero-order chi connectivity index (χ0) is 20.0. The quantitative estimate of drug-likeness (QED) is 0.695. The van der Waals surface area contributed by atoms with E-state index in [0.29, 0.717) is 22.9 Å². The number of esters is 1. The fraction of sp³-hybridized carbons (Fsp3) is 0.421. The van der Waals surface area contributed by atoms with Gasteiger partial charge in [-0.2, -0.15) is 0 Å². The second kappa shape index (κ2) is 9.36. The lowest BCUT2D eigenvalue weighted by molar-refractivity contribution is -0.143. The van der Waals surface area contributed by atoms with Gasteiger partial charge < -0.3 is 19.5 Å². The number of carbonyl (C=O) groups excluding carboxylic acids is 2. The van der Waals surface area contributed by atoms with Crippen molar-refractivity contribution in [1.29, 1.82) is 0 Å². The fourth-order valence-corrected chi connectivity index (χ4v) is 3.34. The Morgan fingerprint density at radius 1 is 1.15 bits per heavy atom. The van der Waals surface area contributed by atoms with Gasteiger partial charge >= 0.3 is 5.97 Å². The molecule has 1 unspecified atom stereocenters. The molecular weight excluding hydrogens is 368 g/mol. The van der Waals surface area contributed by atoms with Gasteiger partial charge in [0.25, 0.3) is 5.91 Å². The molecular formula is C19H24N2O5S. The molecule has 1 aromatic carbocycles. The summed E-state index contributed by atoms with van der Waals surface area (Å²) < 4.78 is 15.3. The fourth-order valence-electron chi connectivity index (χ4n) is 2.54. The first-order valence-corrected chi connectivity index (χ1v) is 9.34. The van der Waals surface area contributed by atoms with Crippen LogP contribution in [0.1, 0.15) is 30.8 Å². The SMILES string of the molecule is COC(=O)C(CC(C)C)NC(=O)c1csc(-c2ccc(OC)c(OC)c2)n1. The first kappa shape index (κ1) is 20.7. The summed E-state index contributed by atoms with van der Waals surface area (Å²) in [6.07, 6.45) is 0.491. The summed E-state index contributed by atoms with van der Waals surface area (Å²) in [6.45, 7) is 3.94. The molecule has 0 aliphatic carbocycles. The van der Waals surface area contributed by atoms with E-state index in [1.54, 1.807) is 31.7 Å². The minimum Gasteiger partial charge on any atom is -0.493 e. The number of carbonyl (C=O) groups is 2. The van der Waals surface area contributed by atoms with E-state index in [1.165, 1.54) is 18.4 Å². The van der Waals surface area contributed by atoms with Crippen molar-refractivity contribution in [3.05, 3.63) is 29.3 Å². The van der Waals surface area contributed by atoms with Gasteiger partial charge in [0.2, 0.25) is 0 Å². The standard InChI is InChI=1S/C19H24N2O5S/c1-11(2)8-13(19(23)26-5)20-17(22)14-10-27-18(21-14)12-6-7-15(24-3)16(9-12)25-4/h6-7,9-11,13H,8H2,1-5H3,(H,20,22). The van der Waals surface area contributed by atoms with Gasteiger partial charge in [-0.1, -0.05) is 13.8 Å². The van der Waals surface area contributed by atoms with Crippen LogP contribution in [0, 0.1) is 5.92 Å². The summed E-state index contributed by atoms with van der Waals surface area (Å²) in [5.74, 6) is 0.554. The van der Waals surface area contributed by atoms with E-state index in [9.17, 15) is 9.59 Å². The van der Waals surface area contributed by atoms with Crippen LogP contribution >= 0.6 is 11.3 Å². The molecule has 2 rings (SSSR count). The number of rotatable bonds is 8. The van der Waals surface area contributed by atoms with Crippen LogP contribution in [0.4, 0.5) is 0 Å². The van der Waals surface area contributed by atoms with Crippen LogP contribution in [-0.4, -0.2) is 44.2 Å². The van der Waals surface area contributed by atoms with Crippen LogP contribution < -0.4 is 14.8 Å². The second-order valence-corrected chi connectivity index (χ2v) is 7.14. The Kier molecular flexibility index (Phi) is 7.18. The second-order valence-electron chi connectivity index (χ2n) is 6.29. The van der Waals surface area contributed by atoms with Gasteiger partial charge in [-0.15, -0.1) is 11.3 Å². The summed E-state index contributed by atoms with van der Waals surface area (Å²) in [4.78, 5) is 28.8. The van der Waals surface area contributed by atoms with Crippen molar-refractivity contribution in [3.8, 4) is 22.1 Å². The zero-order valence-electron chi connectivity index (χ0n) is 16.1. The molecule has 0 aliphatic heterocycles. The summed E-state index contributed by atoms with van der Waals surface area (Å²) in [6, 6.07) is 4.73. The van der Waals surface area contributed by atoms with Gasteiger partial charge in [-0.25, -0.2) is 9.78 Å². The Balaban J connectivity index is 2.18. The van der Waals surface area contributed by atoms with Crippen molar-refractivity contribution in [2.45, 2.75) is 26.3 Å². The summed E-state index contributed by atoms with van der Waals surface area (Å²) >= 11 is 1.33. The summed E-state index contributed by atoms with van der Waals surface area (Å²) in [7, 11) is 4.43. The Morgan fingerprint density at radius 3 is 2.44 bits per heavy atom. The Morgan fingerprint density at radius 2 is 1.85 bits per heavy atom. The molecule has 0 fully saturated rings. The highest BCUT2D eigenvalue weighted by atomic mass is 32.1. The number of hydrogen-bond donors (Lipinski definition) is 1. The Hall–Kier alpha value is -2.61. The van der Waals surface area contributed by atoms with Crippen LogP contribution in [0.2, 0.25) is 0 Å². The molecule has 1 aromatic heterocycles. The predicted molar refractivity (Wildman–Crippen MR) is 103 cm³/mol. The third-order valence-corrected chi connectivity index (χ3v) is 4.76. The minimum atomic E-state index is -0.700. The van der Waals surface area contributed by atoms with Crippen molar-refractivity contribution >= 4 is 23.2 Å².